The van der Waals surface area contributed by atoms with Gasteiger partial charge in [-0.05, 0) is 60.7 Å². The molecule has 0 aliphatic carbocycles. The van der Waals surface area contributed by atoms with Crippen LogP contribution in [0.25, 0.3) is 102 Å². The minimum Gasteiger partial charge on any atom is -0.309 e. The molecule has 0 bridgehead atoms. The van der Waals surface area contributed by atoms with Gasteiger partial charge < -0.3 is 4.57 Å². The van der Waals surface area contributed by atoms with Crippen molar-refractivity contribution >= 4 is 84.8 Å². The molecule has 0 amide bonds. The van der Waals surface area contributed by atoms with Crippen LogP contribution in [0.4, 0.5) is 0 Å². The Morgan fingerprint density at radius 2 is 0.902 bits per heavy atom. The molecular formula is C45H26N4S2. The lowest BCUT2D eigenvalue weighted by molar-refractivity contribution is 1.08. The molecule has 11 rings (SSSR count). The fourth-order valence-electron chi connectivity index (χ4n) is 7.54. The second-order valence-corrected chi connectivity index (χ2v) is 15.0. The Labute approximate surface area is 300 Å². The van der Waals surface area contributed by atoms with Crippen LogP contribution in [0, 0.1) is 0 Å². The Morgan fingerprint density at radius 3 is 1.65 bits per heavy atom. The van der Waals surface area contributed by atoms with Gasteiger partial charge in [-0.1, -0.05) is 97.1 Å². The van der Waals surface area contributed by atoms with E-state index in [0.717, 1.165) is 22.4 Å². The first-order chi connectivity index (χ1) is 25.3. The van der Waals surface area contributed by atoms with Crippen molar-refractivity contribution in [2.45, 2.75) is 0 Å². The van der Waals surface area contributed by atoms with E-state index in [0.29, 0.717) is 17.5 Å². The summed E-state index contributed by atoms with van der Waals surface area (Å²) in [6, 6.07) is 56.0. The highest BCUT2D eigenvalue weighted by atomic mass is 32.1. The second-order valence-electron chi connectivity index (χ2n) is 12.8. The highest BCUT2D eigenvalue weighted by Crippen LogP contribution is 2.41. The number of rotatable bonds is 4. The normalized spacial score (nSPS) is 11.9. The Kier molecular flexibility index (Phi) is 6.26. The van der Waals surface area contributed by atoms with Crippen molar-refractivity contribution in [1.82, 2.24) is 19.5 Å². The zero-order valence-electron chi connectivity index (χ0n) is 27.1. The van der Waals surface area contributed by atoms with Gasteiger partial charge in [0, 0.05) is 73.5 Å². The van der Waals surface area contributed by atoms with Gasteiger partial charge in [0.2, 0.25) is 0 Å². The quantitative estimate of drug-likeness (QED) is 0.185. The summed E-state index contributed by atoms with van der Waals surface area (Å²) in [5.41, 5.74) is 6.39. The van der Waals surface area contributed by atoms with Gasteiger partial charge in [0.15, 0.2) is 17.5 Å². The van der Waals surface area contributed by atoms with E-state index in [1.807, 2.05) is 0 Å². The summed E-state index contributed by atoms with van der Waals surface area (Å²) >= 11 is 3.61. The van der Waals surface area contributed by atoms with Gasteiger partial charge in [-0.3, -0.25) is 0 Å². The first-order valence-electron chi connectivity index (χ1n) is 16.9. The zero-order valence-corrected chi connectivity index (χ0v) is 28.7. The smallest absolute Gasteiger partial charge is 0.164 e. The molecule has 4 nitrogen and oxygen atoms in total. The van der Waals surface area contributed by atoms with Gasteiger partial charge in [-0.2, -0.15) is 0 Å². The number of para-hydroxylation sites is 2. The van der Waals surface area contributed by atoms with Gasteiger partial charge in [-0.15, -0.1) is 22.7 Å². The van der Waals surface area contributed by atoms with E-state index in [4.69, 9.17) is 15.0 Å². The molecule has 0 fully saturated rings. The van der Waals surface area contributed by atoms with Crippen molar-refractivity contribution in [1.29, 1.82) is 0 Å². The van der Waals surface area contributed by atoms with Crippen molar-refractivity contribution in [2.24, 2.45) is 0 Å². The zero-order chi connectivity index (χ0) is 33.5. The number of thiophene rings is 2. The van der Waals surface area contributed by atoms with Gasteiger partial charge in [0.1, 0.15) is 0 Å². The van der Waals surface area contributed by atoms with Crippen LogP contribution in [-0.2, 0) is 0 Å². The summed E-state index contributed by atoms with van der Waals surface area (Å²) in [5.74, 6) is 1.99. The molecule has 11 aromatic rings. The van der Waals surface area contributed by atoms with Crippen LogP contribution in [0.1, 0.15) is 0 Å². The number of benzene rings is 7. The molecular weight excluding hydrogens is 661 g/mol. The number of hydrogen-bond acceptors (Lipinski definition) is 5. The molecule has 0 saturated carbocycles. The van der Waals surface area contributed by atoms with Crippen molar-refractivity contribution in [3.8, 4) is 39.9 Å². The van der Waals surface area contributed by atoms with Crippen LogP contribution < -0.4 is 0 Å². The Morgan fingerprint density at radius 1 is 0.373 bits per heavy atom. The average molecular weight is 687 g/mol. The SMILES string of the molecule is c1ccc2c(c1)sc1cc(-c3nc(-c4ccc(-n5c6ccccc6c6ccccc65)cc4)nc(-c4cccc5sc6ccccc6c45)n3)ccc12. The first-order valence-corrected chi connectivity index (χ1v) is 18.6. The van der Waals surface area contributed by atoms with E-state index in [-0.39, 0.29) is 0 Å². The number of nitrogens with zero attached hydrogens (tertiary/aromatic N) is 4. The fraction of sp³-hybridized carbons (Fsp3) is 0. The standard InChI is InChI=1S/C45H26N4S2/c1-5-15-36-30(10-1)31-11-2-6-16-37(31)49(36)29-23-20-27(21-24-29)43-46-44(28-22-25-33-32-12-3-7-17-38(32)51-41(33)26-28)48-45(47-43)35-14-9-19-40-42(35)34-13-4-8-18-39(34)50-40/h1-26H. The monoisotopic (exact) mass is 686 g/mol. The Hall–Kier alpha value is -6.21. The van der Waals surface area contributed by atoms with Gasteiger partial charge in [0.05, 0.1) is 11.0 Å². The lowest BCUT2D eigenvalue weighted by Crippen LogP contribution is -2.01. The number of fused-ring (bicyclic) bond motifs is 9. The van der Waals surface area contributed by atoms with Crippen LogP contribution in [0.15, 0.2) is 158 Å². The molecule has 7 aromatic carbocycles. The largest absolute Gasteiger partial charge is 0.309 e. The number of aromatic nitrogens is 4. The minimum absolute atomic E-state index is 0.650. The maximum atomic E-state index is 5.21. The van der Waals surface area contributed by atoms with Gasteiger partial charge in [-0.25, -0.2) is 15.0 Å². The molecule has 0 aliphatic rings. The third-order valence-electron chi connectivity index (χ3n) is 9.88. The summed E-state index contributed by atoms with van der Waals surface area (Å²) in [5, 5.41) is 7.43. The van der Waals surface area contributed by atoms with Crippen LogP contribution >= 0.6 is 22.7 Å². The summed E-state index contributed by atoms with van der Waals surface area (Å²) in [7, 11) is 0. The van der Waals surface area contributed by atoms with E-state index in [1.54, 1.807) is 22.7 Å². The lowest BCUT2D eigenvalue weighted by atomic mass is 10.1. The molecule has 0 atom stereocenters. The molecule has 6 heteroatoms. The molecule has 238 valence electrons. The fourth-order valence-corrected chi connectivity index (χ4v) is 9.82. The van der Waals surface area contributed by atoms with Crippen molar-refractivity contribution in [3.05, 3.63) is 158 Å². The predicted molar refractivity (Wildman–Crippen MR) is 216 cm³/mol. The highest BCUT2D eigenvalue weighted by Gasteiger charge is 2.18. The molecule has 0 spiro atoms. The second kappa shape index (κ2) is 11.2. The highest BCUT2D eigenvalue weighted by molar-refractivity contribution is 7.26. The topological polar surface area (TPSA) is 43.6 Å². The average Bonchev–Trinajstić information content (AvgIpc) is 3.87. The van der Waals surface area contributed by atoms with Gasteiger partial charge in [0.25, 0.3) is 0 Å². The van der Waals surface area contributed by atoms with Crippen LogP contribution in [0.2, 0.25) is 0 Å². The van der Waals surface area contributed by atoms with Crippen LogP contribution in [0.3, 0.4) is 0 Å². The first kappa shape index (κ1) is 28.6. The van der Waals surface area contributed by atoms with Crippen LogP contribution in [-0.4, -0.2) is 19.5 Å². The summed E-state index contributed by atoms with van der Waals surface area (Å²) < 4.78 is 7.31. The van der Waals surface area contributed by atoms with Crippen molar-refractivity contribution < 1.29 is 0 Å². The van der Waals surface area contributed by atoms with E-state index < -0.39 is 0 Å². The summed E-state index contributed by atoms with van der Waals surface area (Å²) in [4.78, 5) is 15.6. The molecule has 0 radical (unpaired) electrons. The third-order valence-corrected chi connectivity index (χ3v) is 12.1. The Bertz CT molecular complexity index is 3100. The molecule has 0 unspecified atom stereocenters. The minimum atomic E-state index is 0.650. The molecule has 51 heavy (non-hydrogen) atoms. The third kappa shape index (κ3) is 4.47. The molecule has 0 aliphatic heterocycles. The maximum Gasteiger partial charge on any atom is 0.164 e. The molecule has 4 aromatic heterocycles. The lowest BCUT2D eigenvalue weighted by Gasteiger charge is -2.11. The molecule has 0 saturated heterocycles. The van der Waals surface area contributed by atoms with Crippen molar-refractivity contribution in [3.63, 3.8) is 0 Å². The summed E-state index contributed by atoms with van der Waals surface area (Å²) in [6.07, 6.45) is 0. The predicted octanol–water partition coefficient (Wildman–Crippen LogP) is 12.7. The molecule has 0 N–H and O–H groups in total. The molecule has 4 heterocycles. The Balaban J connectivity index is 1.11. The summed E-state index contributed by atoms with van der Waals surface area (Å²) in [6.45, 7) is 0. The van der Waals surface area contributed by atoms with E-state index in [1.165, 1.54) is 62.2 Å². The number of hydrogen-bond donors (Lipinski definition) is 0. The van der Waals surface area contributed by atoms with Gasteiger partial charge >= 0.3 is 0 Å². The van der Waals surface area contributed by atoms with Crippen LogP contribution in [0.5, 0.6) is 0 Å². The maximum absolute atomic E-state index is 5.21. The van der Waals surface area contributed by atoms with Crippen molar-refractivity contribution in [2.75, 3.05) is 0 Å². The van der Waals surface area contributed by atoms with E-state index >= 15 is 0 Å². The van der Waals surface area contributed by atoms with E-state index in [9.17, 15) is 0 Å². The van der Waals surface area contributed by atoms with E-state index in [2.05, 4.69) is 162 Å².